The molecule has 3 amide bonds. The molecule has 6 heteroatoms. The lowest BCUT2D eigenvalue weighted by Gasteiger charge is -2.16. The van der Waals surface area contributed by atoms with Gasteiger partial charge in [-0.25, -0.2) is 9.18 Å². The predicted octanol–water partition coefficient (Wildman–Crippen LogP) is 5.07. The average Bonchev–Trinajstić information content (AvgIpc) is 3.38. The van der Waals surface area contributed by atoms with E-state index in [1.165, 1.54) is 6.07 Å². The number of carbonyl (C=O) groups excluding carboxylic acids is 2. The van der Waals surface area contributed by atoms with E-state index in [1.54, 1.807) is 13.0 Å². The summed E-state index contributed by atoms with van der Waals surface area (Å²) in [6.45, 7) is 3.62. The number of carbonyl (C=O) groups is 2. The molecule has 5 nitrogen and oxygen atoms in total. The molecule has 0 atom stereocenters. The maximum atomic E-state index is 14.5. The van der Waals surface area contributed by atoms with Crippen LogP contribution >= 0.6 is 0 Å². The van der Waals surface area contributed by atoms with Crippen LogP contribution in [-0.2, 0) is 0 Å². The minimum Gasteiger partial charge on any atom is -0.349 e. The van der Waals surface area contributed by atoms with Gasteiger partial charge >= 0.3 is 6.03 Å². The molecule has 0 spiro atoms. The number of anilines is 1. The summed E-state index contributed by atoms with van der Waals surface area (Å²) in [4.78, 5) is 24.7. The molecule has 158 valence electrons. The van der Waals surface area contributed by atoms with Crippen molar-refractivity contribution in [3.63, 3.8) is 0 Å². The molecule has 0 aliphatic heterocycles. The zero-order valence-electron chi connectivity index (χ0n) is 17.5. The molecule has 30 heavy (non-hydrogen) atoms. The Morgan fingerprint density at radius 2 is 1.63 bits per heavy atom. The molecule has 2 aliphatic carbocycles. The normalized spacial score (nSPS) is 16.4. The molecule has 3 N–H and O–H groups in total. The molecule has 0 radical (unpaired) electrons. The Morgan fingerprint density at radius 1 is 0.933 bits per heavy atom. The number of hydrogen-bond donors (Lipinski definition) is 3. The lowest BCUT2D eigenvalue weighted by molar-refractivity contribution is 0.0950. The van der Waals surface area contributed by atoms with E-state index in [0.717, 1.165) is 55.3 Å². The summed E-state index contributed by atoms with van der Waals surface area (Å²) in [5.41, 5.74) is 3.91. The Hall–Kier alpha value is -2.89. The van der Waals surface area contributed by atoms with Gasteiger partial charge in [0.2, 0.25) is 0 Å². The highest BCUT2D eigenvalue weighted by atomic mass is 19.1. The second-order valence-electron chi connectivity index (χ2n) is 8.49. The maximum absolute atomic E-state index is 14.5. The zero-order valence-corrected chi connectivity index (χ0v) is 17.5. The Morgan fingerprint density at radius 3 is 2.30 bits per heavy atom. The topological polar surface area (TPSA) is 70.2 Å². The zero-order chi connectivity index (χ0) is 21.3. The van der Waals surface area contributed by atoms with Crippen LogP contribution in [0, 0.1) is 19.7 Å². The van der Waals surface area contributed by atoms with Crippen LogP contribution in [0.4, 0.5) is 14.9 Å². The molecule has 2 saturated carbocycles. The second-order valence-corrected chi connectivity index (χ2v) is 8.49. The summed E-state index contributed by atoms with van der Waals surface area (Å²) in [7, 11) is 0. The summed E-state index contributed by atoms with van der Waals surface area (Å²) in [5.74, 6) is -0.638. The number of benzene rings is 2. The van der Waals surface area contributed by atoms with Crippen LogP contribution in [0.2, 0.25) is 0 Å². The lowest BCUT2D eigenvalue weighted by atomic mass is 9.95. The van der Waals surface area contributed by atoms with Crippen LogP contribution in [0.1, 0.15) is 60.0 Å². The second kappa shape index (κ2) is 8.46. The highest BCUT2D eigenvalue weighted by Gasteiger charge is 2.24. The van der Waals surface area contributed by atoms with Gasteiger partial charge in [0, 0.05) is 23.3 Å². The van der Waals surface area contributed by atoms with Gasteiger partial charge in [0.25, 0.3) is 5.91 Å². The first-order chi connectivity index (χ1) is 14.4. The number of hydrogen-bond acceptors (Lipinski definition) is 2. The van der Waals surface area contributed by atoms with Gasteiger partial charge in [0.1, 0.15) is 5.82 Å². The van der Waals surface area contributed by atoms with Gasteiger partial charge in [0.05, 0.1) is 0 Å². The molecular formula is C24H28FN3O2. The highest BCUT2D eigenvalue weighted by molar-refractivity contribution is 5.96. The number of urea groups is 1. The number of halogens is 1. The number of amides is 3. The molecule has 0 unspecified atom stereocenters. The lowest BCUT2D eigenvalue weighted by Crippen LogP contribution is -2.36. The minimum absolute atomic E-state index is 0.196. The minimum atomic E-state index is -0.399. The van der Waals surface area contributed by atoms with Gasteiger partial charge in [-0.15, -0.1) is 0 Å². The third-order valence-electron chi connectivity index (χ3n) is 6.00. The summed E-state index contributed by atoms with van der Waals surface area (Å²) < 4.78 is 14.5. The van der Waals surface area contributed by atoms with Gasteiger partial charge < -0.3 is 16.0 Å². The first-order valence-corrected chi connectivity index (χ1v) is 10.7. The van der Waals surface area contributed by atoms with Gasteiger partial charge in [-0.2, -0.15) is 0 Å². The Labute approximate surface area is 176 Å². The standard InChI is InChI=1S/C24H28FN3O2/c1-14-11-16(7-10-22(14)28-24(30)27-18-5-3-4-6-18)20-12-17(13-21(25)15(20)2)23(29)26-19-8-9-19/h7,10-13,18-19H,3-6,8-9H2,1-2H3,(H,26,29)(H2,27,28,30). The van der Waals surface area contributed by atoms with Gasteiger partial charge in [-0.05, 0) is 86.1 Å². The van der Waals surface area contributed by atoms with Crippen molar-refractivity contribution in [2.75, 3.05) is 5.32 Å². The van der Waals surface area contributed by atoms with Crippen molar-refractivity contribution in [2.45, 2.75) is 64.5 Å². The van der Waals surface area contributed by atoms with Crippen LogP contribution in [0.5, 0.6) is 0 Å². The van der Waals surface area contributed by atoms with Crippen molar-refractivity contribution in [1.82, 2.24) is 10.6 Å². The van der Waals surface area contributed by atoms with E-state index in [9.17, 15) is 14.0 Å². The largest absolute Gasteiger partial charge is 0.349 e. The number of rotatable bonds is 5. The third kappa shape index (κ3) is 4.64. The van der Waals surface area contributed by atoms with Crippen molar-refractivity contribution in [3.05, 3.63) is 52.8 Å². The molecule has 2 aromatic carbocycles. The van der Waals surface area contributed by atoms with Crippen LogP contribution in [0.25, 0.3) is 11.1 Å². The van der Waals surface area contributed by atoms with Crippen molar-refractivity contribution >= 4 is 17.6 Å². The van der Waals surface area contributed by atoms with Crippen LogP contribution < -0.4 is 16.0 Å². The van der Waals surface area contributed by atoms with Crippen LogP contribution in [-0.4, -0.2) is 24.0 Å². The van der Waals surface area contributed by atoms with E-state index in [1.807, 2.05) is 25.1 Å². The molecule has 2 aromatic rings. The highest BCUT2D eigenvalue weighted by Crippen LogP contribution is 2.30. The number of nitrogens with one attached hydrogen (secondary N) is 3. The molecule has 0 saturated heterocycles. The molecule has 0 aromatic heterocycles. The predicted molar refractivity (Wildman–Crippen MR) is 116 cm³/mol. The quantitative estimate of drug-likeness (QED) is 0.646. The van der Waals surface area contributed by atoms with E-state index in [4.69, 9.17) is 0 Å². The Kier molecular flexibility index (Phi) is 5.75. The SMILES string of the molecule is Cc1cc(-c2cc(C(=O)NC3CC3)cc(F)c2C)ccc1NC(=O)NC1CCCC1. The molecule has 4 rings (SSSR count). The Balaban J connectivity index is 1.53. The average molecular weight is 410 g/mol. The van der Waals surface area contributed by atoms with E-state index in [2.05, 4.69) is 16.0 Å². The van der Waals surface area contributed by atoms with E-state index >= 15 is 0 Å². The van der Waals surface area contributed by atoms with Gasteiger partial charge in [-0.3, -0.25) is 4.79 Å². The van der Waals surface area contributed by atoms with Crippen LogP contribution in [0.15, 0.2) is 30.3 Å². The van der Waals surface area contributed by atoms with E-state index in [-0.39, 0.29) is 24.0 Å². The first-order valence-electron chi connectivity index (χ1n) is 10.7. The Bertz CT molecular complexity index is 979. The molecule has 0 bridgehead atoms. The van der Waals surface area contributed by atoms with Gasteiger partial charge in [-0.1, -0.05) is 18.9 Å². The number of aryl methyl sites for hydroxylation is 1. The monoisotopic (exact) mass is 409 g/mol. The maximum Gasteiger partial charge on any atom is 0.319 e. The summed E-state index contributed by atoms with van der Waals surface area (Å²) in [5, 5.41) is 8.83. The van der Waals surface area contributed by atoms with Crippen molar-refractivity contribution in [2.24, 2.45) is 0 Å². The van der Waals surface area contributed by atoms with E-state index in [0.29, 0.717) is 16.7 Å². The third-order valence-corrected chi connectivity index (χ3v) is 6.00. The van der Waals surface area contributed by atoms with Crippen molar-refractivity contribution in [1.29, 1.82) is 0 Å². The van der Waals surface area contributed by atoms with Crippen LogP contribution in [0.3, 0.4) is 0 Å². The molecule has 2 aliphatic rings. The fourth-order valence-corrected chi connectivity index (χ4v) is 3.99. The molecule has 2 fully saturated rings. The van der Waals surface area contributed by atoms with Crippen molar-refractivity contribution < 1.29 is 14.0 Å². The van der Waals surface area contributed by atoms with Gasteiger partial charge in [0.15, 0.2) is 0 Å². The smallest absolute Gasteiger partial charge is 0.319 e. The molecular weight excluding hydrogens is 381 g/mol. The fraction of sp³-hybridized carbons (Fsp3) is 0.417. The fourth-order valence-electron chi connectivity index (χ4n) is 3.99. The summed E-state index contributed by atoms with van der Waals surface area (Å²) in [6.07, 6.45) is 6.34. The first kappa shape index (κ1) is 20.4. The van der Waals surface area contributed by atoms with Crippen molar-refractivity contribution in [3.8, 4) is 11.1 Å². The summed E-state index contributed by atoms with van der Waals surface area (Å²) >= 11 is 0. The van der Waals surface area contributed by atoms with E-state index < -0.39 is 5.82 Å². The molecule has 0 heterocycles. The summed E-state index contributed by atoms with van der Waals surface area (Å²) in [6, 6.07) is 8.90.